The third-order valence-electron chi connectivity index (χ3n) is 2.24. The number of aliphatic hydroxyl groups excluding tert-OH is 2. The Morgan fingerprint density at radius 1 is 1.45 bits per heavy atom. The predicted molar refractivity (Wildman–Crippen MR) is 65.6 cm³/mol. The van der Waals surface area contributed by atoms with Gasteiger partial charge in [0.15, 0.2) is 11.5 Å². The molecule has 7 heteroatoms. The molecule has 1 unspecified atom stereocenters. The van der Waals surface area contributed by atoms with Crippen LogP contribution in [-0.4, -0.2) is 42.6 Å². The molecule has 0 heterocycles. The molecular formula is C13H15NaO6. The Morgan fingerprint density at radius 3 is 2.70 bits per heavy atom. The van der Waals surface area contributed by atoms with Crippen LogP contribution in [0.3, 0.4) is 0 Å². The fourth-order valence-corrected chi connectivity index (χ4v) is 1.31. The van der Waals surface area contributed by atoms with Gasteiger partial charge in [-0.25, -0.2) is 0 Å². The summed E-state index contributed by atoms with van der Waals surface area (Å²) in [6.45, 7) is -0.507. The van der Waals surface area contributed by atoms with E-state index in [1.165, 1.54) is 13.2 Å². The van der Waals surface area contributed by atoms with E-state index in [1.54, 1.807) is 18.2 Å². The summed E-state index contributed by atoms with van der Waals surface area (Å²) in [5.74, 6) is -0.514. The fourth-order valence-electron chi connectivity index (χ4n) is 1.31. The van der Waals surface area contributed by atoms with Crippen molar-refractivity contribution in [1.29, 1.82) is 0 Å². The molecule has 6 nitrogen and oxygen atoms in total. The summed E-state index contributed by atoms with van der Waals surface area (Å²) in [6.07, 6.45) is 1.25. The fraction of sp³-hybridized carbons (Fsp3) is 0.308. The quantitative estimate of drug-likeness (QED) is 0.395. The monoisotopic (exact) mass is 290 g/mol. The number of aliphatic hydroxyl groups is 2. The molecule has 0 spiro atoms. The molecule has 20 heavy (non-hydrogen) atoms. The Bertz CT molecular complexity index is 460. The first-order chi connectivity index (χ1) is 9.06. The number of ether oxygens (including phenoxy) is 2. The average molecular weight is 290 g/mol. The zero-order chi connectivity index (χ0) is 14.3. The van der Waals surface area contributed by atoms with E-state index >= 15 is 0 Å². The topological polar surface area (TPSA) is 99.1 Å². The summed E-state index contributed by atoms with van der Waals surface area (Å²) in [5.41, 5.74) is 0.582. The largest absolute Gasteiger partial charge is 1.00 e. The first-order valence-electron chi connectivity index (χ1n) is 5.55. The van der Waals surface area contributed by atoms with Gasteiger partial charge in [0.05, 0.1) is 19.7 Å². The third kappa shape index (κ3) is 6.40. The van der Waals surface area contributed by atoms with Gasteiger partial charge < -0.3 is 29.6 Å². The molecular weight excluding hydrogens is 275 g/mol. The zero-order valence-corrected chi connectivity index (χ0v) is 13.4. The van der Waals surface area contributed by atoms with Crippen molar-refractivity contribution >= 4 is 12.0 Å². The summed E-state index contributed by atoms with van der Waals surface area (Å²) >= 11 is 0. The summed E-state index contributed by atoms with van der Waals surface area (Å²) < 4.78 is 10.4. The van der Waals surface area contributed by atoms with Gasteiger partial charge in [0.25, 0.3) is 0 Å². The Balaban J connectivity index is 0.00000361. The van der Waals surface area contributed by atoms with Crippen LogP contribution >= 0.6 is 0 Å². The van der Waals surface area contributed by atoms with Crippen molar-refractivity contribution in [2.24, 2.45) is 0 Å². The normalized spacial score (nSPS) is 11.8. The molecule has 104 valence electrons. The SMILES string of the molecule is COc1ccc(C=CC(=O)[O-])cc1OCC(O)CO.[Na+]. The molecule has 0 saturated heterocycles. The molecule has 0 aliphatic carbocycles. The Hall–Kier alpha value is -1.05. The molecule has 0 aliphatic heterocycles. The smallest absolute Gasteiger partial charge is 0.545 e. The molecule has 0 radical (unpaired) electrons. The van der Waals surface area contributed by atoms with Gasteiger partial charge in [-0.15, -0.1) is 0 Å². The second kappa shape index (κ2) is 9.79. The maximum absolute atomic E-state index is 10.3. The average Bonchev–Trinajstić information content (AvgIpc) is 2.42. The van der Waals surface area contributed by atoms with E-state index in [0.29, 0.717) is 17.1 Å². The number of benzene rings is 1. The number of aliphatic carboxylic acids is 1. The van der Waals surface area contributed by atoms with Crippen LogP contribution in [-0.2, 0) is 4.79 Å². The van der Waals surface area contributed by atoms with Gasteiger partial charge in [0.1, 0.15) is 12.7 Å². The summed E-state index contributed by atoms with van der Waals surface area (Å²) in [4.78, 5) is 10.3. The van der Waals surface area contributed by atoms with Crippen LogP contribution in [0.5, 0.6) is 11.5 Å². The maximum atomic E-state index is 10.3. The molecule has 1 aromatic carbocycles. The van der Waals surface area contributed by atoms with Gasteiger partial charge in [-0.2, -0.15) is 0 Å². The van der Waals surface area contributed by atoms with Crippen LogP contribution < -0.4 is 44.1 Å². The van der Waals surface area contributed by atoms with Crippen molar-refractivity contribution in [1.82, 2.24) is 0 Å². The first-order valence-corrected chi connectivity index (χ1v) is 5.55. The number of rotatable bonds is 7. The number of methoxy groups -OCH3 is 1. The standard InChI is InChI=1S/C13H16O6.Na/c1-18-11-4-2-9(3-5-13(16)17)6-12(11)19-8-10(15)7-14;/h2-6,10,14-15H,7-8H2,1H3,(H,16,17);/q;+1/p-1. The van der Waals surface area contributed by atoms with Crippen molar-refractivity contribution in [2.75, 3.05) is 20.3 Å². The van der Waals surface area contributed by atoms with Gasteiger partial charge >= 0.3 is 29.6 Å². The molecule has 0 bridgehead atoms. The Labute approximate surface area is 138 Å². The first kappa shape index (κ1) is 18.9. The van der Waals surface area contributed by atoms with Crippen LogP contribution in [0.4, 0.5) is 0 Å². The van der Waals surface area contributed by atoms with Crippen molar-refractivity contribution in [3.8, 4) is 11.5 Å². The number of hydrogen-bond donors (Lipinski definition) is 2. The van der Waals surface area contributed by atoms with Crippen LogP contribution in [0.25, 0.3) is 6.08 Å². The third-order valence-corrected chi connectivity index (χ3v) is 2.24. The van der Waals surface area contributed by atoms with Gasteiger partial charge in [-0.05, 0) is 23.8 Å². The Morgan fingerprint density at radius 2 is 2.15 bits per heavy atom. The number of hydrogen-bond acceptors (Lipinski definition) is 6. The van der Waals surface area contributed by atoms with Crippen molar-refractivity contribution in [2.45, 2.75) is 6.10 Å². The van der Waals surface area contributed by atoms with E-state index < -0.39 is 18.7 Å². The minimum absolute atomic E-state index is 0. The van der Waals surface area contributed by atoms with E-state index in [0.717, 1.165) is 6.08 Å². The molecule has 0 fully saturated rings. The molecule has 1 aromatic rings. The van der Waals surface area contributed by atoms with Crippen molar-refractivity contribution < 1.29 is 59.1 Å². The summed E-state index contributed by atoms with van der Waals surface area (Å²) in [7, 11) is 1.46. The van der Waals surface area contributed by atoms with E-state index in [4.69, 9.17) is 14.6 Å². The minimum atomic E-state index is -1.30. The second-order valence-electron chi connectivity index (χ2n) is 3.71. The number of carboxylic acids is 1. The van der Waals surface area contributed by atoms with Gasteiger partial charge in [-0.1, -0.05) is 12.1 Å². The van der Waals surface area contributed by atoms with Crippen molar-refractivity contribution in [3.05, 3.63) is 29.8 Å². The number of carbonyl (C=O) groups excluding carboxylic acids is 1. The zero-order valence-electron chi connectivity index (χ0n) is 11.4. The van der Waals surface area contributed by atoms with E-state index in [9.17, 15) is 15.0 Å². The number of carbonyl (C=O) groups is 1. The van der Waals surface area contributed by atoms with Crippen molar-refractivity contribution in [3.63, 3.8) is 0 Å². The van der Waals surface area contributed by atoms with Crippen LogP contribution in [0, 0.1) is 0 Å². The van der Waals surface area contributed by atoms with Gasteiger partial charge in [-0.3, -0.25) is 0 Å². The maximum Gasteiger partial charge on any atom is 1.00 e. The van der Waals surface area contributed by atoms with Gasteiger partial charge in [0.2, 0.25) is 0 Å². The molecule has 0 aromatic heterocycles. The number of carboxylic acid groups (broad SMARTS) is 1. The molecule has 0 aliphatic rings. The molecule has 2 N–H and O–H groups in total. The van der Waals surface area contributed by atoms with Crippen LogP contribution in [0.1, 0.15) is 5.56 Å². The molecule has 0 saturated carbocycles. The van der Waals surface area contributed by atoms with E-state index in [1.807, 2.05) is 0 Å². The summed E-state index contributed by atoms with van der Waals surface area (Å²) in [5, 5.41) is 28.2. The predicted octanol–water partition coefficient (Wildman–Crippen LogP) is -3.81. The van der Waals surface area contributed by atoms with E-state index in [-0.39, 0.29) is 36.2 Å². The van der Waals surface area contributed by atoms with E-state index in [2.05, 4.69) is 0 Å². The van der Waals surface area contributed by atoms with Gasteiger partial charge in [0, 0.05) is 0 Å². The molecule has 1 atom stereocenters. The molecule has 0 amide bonds. The van der Waals surface area contributed by atoms with Crippen LogP contribution in [0.2, 0.25) is 0 Å². The molecule has 1 rings (SSSR count). The summed E-state index contributed by atoms with van der Waals surface area (Å²) in [6, 6.07) is 4.81. The van der Waals surface area contributed by atoms with Crippen LogP contribution in [0.15, 0.2) is 24.3 Å². The minimum Gasteiger partial charge on any atom is -0.545 e. The second-order valence-corrected chi connectivity index (χ2v) is 3.71. The Kier molecular flexibility index (Phi) is 9.28.